The number of carbonyl (C=O) groups is 4. The molecule has 10 nitrogen and oxygen atoms in total. The fourth-order valence-corrected chi connectivity index (χ4v) is 4.72. The van der Waals surface area contributed by atoms with Gasteiger partial charge >= 0.3 is 18.2 Å². The predicted octanol–water partition coefficient (Wildman–Crippen LogP) is 5.78. The Morgan fingerprint density at radius 2 is 1.48 bits per heavy atom. The van der Waals surface area contributed by atoms with Crippen molar-refractivity contribution in [2.24, 2.45) is 5.41 Å². The second-order valence-electron chi connectivity index (χ2n) is 13.0. The minimum Gasteiger partial charge on any atom is -0.467 e. The third kappa shape index (κ3) is 18.4. The van der Waals surface area contributed by atoms with Crippen LogP contribution in [0.15, 0.2) is 30.3 Å². The van der Waals surface area contributed by atoms with Gasteiger partial charge in [0.25, 0.3) is 0 Å². The van der Waals surface area contributed by atoms with Gasteiger partial charge in [-0.25, -0.2) is 14.4 Å². The zero-order valence-electron chi connectivity index (χ0n) is 26.7. The van der Waals surface area contributed by atoms with E-state index in [0.717, 1.165) is 30.9 Å². The van der Waals surface area contributed by atoms with Crippen molar-refractivity contribution in [2.45, 2.75) is 110 Å². The molecule has 0 bridgehead atoms. The number of unbranched alkanes of at least 4 members (excludes halogenated alkanes) is 2. The topological polar surface area (TPSA) is 132 Å². The first-order valence-electron chi connectivity index (χ1n) is 15.0. The van der Waals surface area contributed by atoms with Gasteiger partial charge in [-0.3, -0.25) is 4.79 Å². The fraction of sp³-hybridized carbons (Fsp3) is 0.677. The lowest BCUT2D eigenvalue weighted by Gasteiger charge is -2.23. The van der Waals surface area contributed by atoms with Crippen molar-refractivity contribution in [3.63, 3.8) is 0 Å². The van der Waals surface area contributed by atoms with Crippen molar-refractivity contribution in [3.05, 3.63) is 35.9 Å². The first kappa shape index (κ1) is 36.9. The van der Waals surface area contributed by atoms with Crippen molar-refractivity contribution in [1.82, 2.24) is 16.0 Å². The number of ether oxygens (including phenoxy) is 3. The van der Waals surface area contributed by atoms with Crippen molar-refractivity contribution < 1.29 is 33.4 Å². The van der Waals surface area contributed by atoms with E-state index in [1.165, 1.54) is 7.11 Å². The molecule has 0 spiro atoms. The molecule has 42 heavy (non-hydrogen) atoms. The zero-order chi connectivity index (χ0) is 31.6. The van der Waals surface area contributed by atoms with E-state index in [2.05, 4.69) is 56.4 Å². The number of benzene rings is 1. The molecular formula is C31H53N3O7Si. The Bertz CT molecular complexity index is 962. The number of nitrogens with one attached hydrogen (secondary N) is 3. The Morgan fingerprint density at radius 3 is 2.10 bits per heavy atom. The summed E-state index contributed by atoms with van der Waals surface area (Å²) in [6.45, 7) is 13.9. The Hall–Kier alpha value is -3.08. The van der Waals surface area contributed by atoms with Crippen LogP contribution in [-0.4, -0.2) is 64.5 Å². The average molecular weight is 608 g/mol. The van der Waals surface area contributed by atoms with E-state index in [-0.39, 0.29) is 12.0 Å². The van der Waals surface area contributed by atoms with Crippen LogP contribution in [0.25, 0.3) is 0 Å². The van der Waals surface area contributed by atoms with Gasteiger partial charge < -0.3 is 30.2 Å². The van der Waals surface area contributed by atoms with E-state index >= 15 is 0 Å². The van der Waals surface area contributed by atoms with Gasteiger partial charge in [-0.15, -0.1) is 0 Å². The molecule has 11 heteroatoms. The molecular weight excluding hydrogens is 554 g/mol. The molecule has 1 unspecified atom stereocenters. The number of hydrogen-bond acceptors (Lipinski definition) is 7. The highest BCUT2D eigenvalue weighted by Gasteiger charge is 2.28. The normalized spacial score (nSPS) is 12.9. The molecule has 0 fully saturated rings. The summed E-state index contributed by atoms with van der Waals surface area (Å²) >= 11 is 0. The summed E-state index contributed by atoms with van der Waals surface area (Å²) in [7, 11) is -0.110. The van der Waals surface area contributed by atoms with Gasteiger partial charge in [0.1, 0.15) is 18.7 Å². The van der Waals surface area contributed by atoms with Crippen LogP contribution in [0.2, 0.25) is 25.7 Å². The van der Waals surface area contributed by atoms with Crippen LogP contribution in [0, 0.1) is 5.41 Å². The average Bonchev–Trinajstić information content (AvgIpc) is 2.91. The molecule has 0 aliphatic rings. The van der Waals surface area contributed by atoms with Gasteiger partial charge in [-0.1, -0.05) is 83.6 Å². The van der Waals surface area contributed by atoms with Gasteiger partial charge in [0.15, 0.2) is 0 Å². The molecule has 3 amide bonds. The number of esters is 1. The molecule has 0 aromatic heterocycles. The minimum atomic E-state index is -1.38. The monoisotopic (exact) mass is 607 g/mol. The number of carbonyl (C=O) groups excluding carboxylic acids is 4. The van der Waals surface area contributed by atoms with Gasteiger partial charge in [-0.2, -0.15) is 0 Å². The third-order valence-corrected chi connectivity index (χ3v) is 8.27. The van der Waals surface area contributed by atoms with Crippen molar-refractivity contribution >= 4 is 32.1 Å². The van der Waals surface area contributed by atoms with Gasteiger partial charge in [-0.05, 0) is 49.1 Å². The van der Waals surface area contributed by atoms with Gasteiger partial charge in [0, 0.05) is 14.6 Å². The summed E-state index contributed by atoms with van der Waals surface area (Å²) in [6, 6.07) is 8.50. The Kier molecular flexibility index (Phi) is 16.9. The lowest BCUT2D eigenvalue weighted by molar-refractivity contribution is -0.145. The summed E-state index contributed by atoms with van der Waals surface area (Å²) in [6.07, 6.45) is 3.33. The Morgan fingerprint density at radius 1 is 0.833 bits per heavy atom. The highest BCUT2D eigenvalue weighted by molar-refractivity contribution is 6.76. The van der Waals surface area contributed by atoms with Crippen molar-refractivity contribution in [2.75, 3.05) is 20.3 Å². The number of rotatable bonds is 18. The summed E-state index contributed by atoms with van der Waals surface area (Å²) in [5, 5.41) is 8.16. The SMILES string of the molecule is COC(=O)[C@H](CCCCNC(=O)OCc1ccccc1)NC(=O)C(CCCCC(C)(C)C)NC(=O)OCC[Si](C)(C)C. The van der Waals surface area contributed by atoms with Crippen LogP contribution in [-0.2, 0) is 30.4 Å². The maximum absolute atomic E-state index is 13.2. The molecule has 2 atom stereocenters. The molecule has 0 aliphatic heterocycles. The largest absolute Gasteiger partial charge is 0.467 e. The minimum absolute atomic E-state index is 0.171. The fourth-order valence-electron chi connectivity index (χ4n) is 4.01. The maximum atomic E-state index is 13.2. The molecule has 1 aromatic rings. The summed E-state index contributed by atoms with van der Waals surface area (Å²) in [4.78, 5) is 50.2. The standard InChI is InChI=1S/C31H53N3O7Si/c1-31(2,3)19-13-11-17-25(34-30(38)40-21-22-42(5,6)7)27(35)33-26(28(36)39-4)18-12-14-20-32-29(37)41-23-24-15-9-8-10-16-24/h8-10,15-16,25-26H,11-14,17-23H2,1-7H3,(H,32,37)(H,33,35)(H,34,38)/t25?,26-/m0/s1. The molecule has 1 rings (SSSR count). The second kappa shape index (κ2) is 19.2. The third-order valence-electron chi connectivity index (χ3n) is 6.57. The van der Waals surface area contributed by atoms with E-state index in [9.17, 15) is 19.2 Å². The maximum Gasteiger partial charge on any atom is 0.407 e. The summed E-state index contributed by atoms with van der Waals surface area (Å²) in [5.74, 6) is -1.02. The van der Waals surface area contributed by atoms with Crippen LogP contribution >= 0.6 is 0 Å². The lowest BCUT2D eigenvalue weighted by atomic mass is 9.89. The van der Waals surface area contributed by atoms with Crippen molar-refractivity contribution in [1.29, 1.82) is 0 Å². The number of amides is 3. The van der Waals surface area contributed by atoms with E-state index in [1.54, 1.807) is 0 Å². The second-order valence-corrected chi connectivity index (χ2v) is 18.6. The van der Waals surface area contributed by atoms with Crippen LogP contribution in [0.4, 0.5) is 9.59 Å². The molecule has 3 N–H and O–H groups in total. The van der Waals surface area contributed by atoms with Crippen LogP contribution in [0.1, 0.15) is 71.3 Å². The smallest absolute Gasteiger partial charge is 0.407 e. The Labute approximate surface area is 253 Å². The molecule has 0 radical (unpaired) electrons. The molecule has 0 saturated heterocycles. The highest BCUT2D eigenvalue weighted by Crippen LogP contribution is 2.22. The molecule has 0 saturated carbocycles. The van der Waals surface area contributed by atoms with E-state index < -0.39 is 44.2 Å². The highest BCUT2D eigenvalue weighted by atomic mass is 28.3. The first-order valence-corrected chi connectivity index (χ1v) is 18.7. The van der Waals surface area contributed by atoms with Gasteiger partial charge in [0.2, 0.25) is 5.91 Å². The Balaban J connectivity index is 2.62. The number of alkyl carbamates (subject to hydrolysis) is 2. The van der Waals surface area contributed by atoms with Gasteiger partial charge in [0.05, 0.1) is 13.7 Å². The predicted molar refractivity (Wildman–Crippen MR) is 167 cm³/mol. The van der Waals surface area contributed by atoms with E-state index in [1.807, 2.05) is 30.3 Å². The molecule has 1 aromatic carbocycles. The van der Waals surface area contributed by atoms with E-state index in [4.69, 9.17) is 14.2 Å². The van der Waals surface area contributed by atoms with E-state index in [0.29, 0.717) is 38.8 Å². The summed E-state index contributed by atoms with van der Waals surface area (Å²) < 4.78 is 15.5. The zero-order valence-corrected chi connectivity index (χ0v) is 27.7. The first-order chi connectivity index (χ1) is 19.7. The number of hydrogen-bond donors (Lipinski definition) is 3. The van der Waals surface area contributed by atoms with Crippen LogP contribution in [0.5, 0.6) is 0 Å². The quantitative estimate of drug-likeness (QED) is 0.0834. The molecule has 0 heterocycles. The lowest BCUT2D eigenvalue weighted by Crippen LogP contribution is -2.52. The number of methoxy groups -OCH3 is 1. The van der Waals surface area contributed by atoms with Crippen LogP contribution in [0.3, 0.4) is 0 Å². The van der Waals surface area contributed by atoms with Crippen molar-refractivity contribution in [3.8, 4) is 0 Å². The summed E-state index contributed by atoms with van der Waals surface area (Å²) in [5.41, 5.74) is 1.07. The molecule has 238 valence electrons. The van der Waals surface area contributed by atoms with Crippen LogP contribution < -0.4 is 16.0 Å². The molecule has 0 aliphatic carbocycles.